The van der Waals surface area contributed by atoms with Gasteiger partial charge in [0.15, 0.2) is 0 Å². The van der Waals surface area contributed by atoms with Gasteiger partial charge in [0.25, 0.3) is 0 Å². The van der Waals surface area contributed by atoms with Crippen molar-refractivity contribution in [3.8, 4) is 0 Å². The molecular weight excluding hydrogens is 574 g/mol. The lowest BCUT2D eigenvalue weighted by atomic mass is 10.00. The Labute approximate surface area is 250 Å². The molecule has 1 saturated heterocycles. The molecule has 11 heteroatoms. The average Bonchev–Trinajstić information content (AvgIpc) is 3.50. The van der Waals surface area contributed by atoms with E-state index in [1.807, 2.05) is 18.2 Å². The maximum Gasteiger partial charge on any atom is 0.326 e. The van der Waals surface area contributed by atoms with Gasteiger partial charge in [-0.25, -0.2) is 13.2 Å². The van der Waals surface area contributed by atoms with Crippen LogP contribution in [0.3, 0.4) is 0 Å². The summed E-state index contributed by atoms with van der Waals surface area (Å²) in [7, 11) is -3.91. The number of hydrogen-bond acceptors (Lipinski definition) is 7. The second-order valence-electron chi connectivity index (χ2n) is 10.2. The molecule has 0 saturated carbocycles. The van der Waals surface area contributed by atoms with Crippen LogP contribution in [0.25, 0.3) is 0 Å². The number of aromatic nitrogens is 1. The highest BCUT2D eigenvalue weighted by Crippen LogP contribution is 2.28. The number of amides is 1. The third-order valence-corrected chi connectivity index (χ3v) is 10.1. The van der Waals surface area contributed by atoms with E-state index in [-0.39, 0.29) is 28.7 Å². The maximum absolute atomic E-state index is 13.1. The van der Waals surface area contributed by atoms with E-state index in [9.17, 15) is 27.9 Å². The van der Waals surface area contributed by atoms with Crippen LogP contribution < -0.4 is 5.32 Å². The number of Topliss-reactive ketones (excluding diaryl/α,β-unsaturated/α-hetero) is 1. The first-order valence-corrected chi connectivity index (χ1v) is 16.5. The Kier molecular flexibility index (Phi) is 11.3. The molecule has 1 aliphatic heterocycles. The van der Waals surface area contributed by atoms with Crippen molar-refractivity contribution < 1.29 is 27.9 Å². The minimum Gasteiger partial charge on any atom is -0.480 e. The molecule has 2 aromatic carbocycles. The van der Waals surface area contributed by atoms with Crippen LogP contribution in [-0.4, -0.2) is 64.2 Å². The van der Waals surface area contributed by atoms with Crippen molar-refractivity contribution in [2.24, 2.45) is 0 Å². The van der Waals surface area contributed by atoms with Crippen LogP contribution in [0.2, 0.25) is 0 Å². The fourth-order valence-electron chi connectivity index (χ4n) is 4.76. The highest BCUT2D eigenvalue weighted by molar-refractivity contribution is 8.00. The van der Waals surface area contributed by atoms with Crippen LogP contribution in [0.1, 0.15) is 42.5 Å². The van der Waals surface area contributed by atoms with E-state index in [0.29, 0.717) is 18.4 Å². The molecule has 222 valence electrons. The van der Waals surface area contributed by atoms with E-state index in [2.05, 4.69) is 10.3 Å². The summed E-state index contributed by atoms with van der Waals surface area (Å²) in [5.74, 6) is -1.36. The van der Waals surface area contributed by atoms with Crippen molar-refractivity contribution in [3.05, 3.63) is 95.8 Å². The molecule has 3 aromatic rings. The van der Waals surface area contributed by atoms with Gasteiger partial charge in [-0.15, -0.1) is 11.8 Å². The number of nitrogens with zero attached hydrogens (tertiary/aromatic N) is 2. The molecule has 1 amide bonds. The fraction of sp³-hybridized carbons (Fsp3) is 0.355. The Hall–Kier alpha value is -3.54. The lowest BCUT2D eigenvalue weighted by Gasteiger charge is -2.24. The molecule has 2 N–H and O–H groups in total. The lowest BCUT2D eigenvalue weighted by molar-refractivity contribution is -0.142. The lowest BCUT2D eigenvalue weighted by Crippen LogP contribution is -2.52. The van der Waals surface area contributed by atoms with Crippen molar-refractivity contribution in [3.63, 3.8) is 0 Å². The predicted molar refractivity (Wildman–Crippen MR) is 161 cm³/mol. The van der Waals surface area contributed by atoms with Gasteiger partial charge in [0.2, 0.25) is 15.9 Å². The van der Waals surface area contributed by atoms with E-state index in [4.69, 9.17) is 0 Å². The SMILES string of the molecule is O=C(CCCCCc1ccccn1)Cc1ccc(C[C@H](NC(=O)[C@@H]2CSCN2S(=O)(=O)c2ccccc2)C(=O)O)cc1. The standard InChI is InChI=1S/C31H35N3O6S2/c35-26(11-4-1-3-9-25-10-7-8-18-32-25)19-23-14-16-24(17-15-23)20-28(31(37)38)33-30(36)29-21-41-22-34(29)42(39,40)27-12-5-2-6-13-27/h2,5-8,10,12-18,28-29H,1,3-4,9,11,19-22H2,(H,33,36)(H,37,38)/t28-,29-/m0/s1. The van der Waals surface area contributed by atoms with Crippen LogP contribution in [0.5, 0.6) is 0 Å². The van der Waals surface area contributed by atoms with Gasteiger partial charge in [0.05, 0.1) is 10.8 Å². The van der Waals surface area contributed by atoms with Crippen LogP contribution in [0.4, 0.5) is 0 Å². The summed E-state index contributed by atoms with van der Waals surface area (Å²) in [4.78, 5) is 41.9. The quantitative estimate of drug-likeness (QED) is 0.248. The first kappa shape index (κ1) is 31.4. The van der Waals surface area contributed by atoms with Gasteiger partial charge in [-0.3, -0.25) is 14.6 Å². The van der Waals surface area contributed by atoms with E-state index in [1.54, 1.807) is 48.7 Å². The van der Waals surface area contributed by atoms with Gasteiger partial charge < -0.3 is 10.4 Å². The molecular formula is C31H35N3O6S2. The van der Waals surface area contributed by atoms with E-state index < -0.39 is 34.0 Å². The number of carbonyl (C=O) groups excluding carboxylic acids is 2. The molecule has 2 atom stereocenters. The van der Waals surface area contributed by atoms with Crippen molar-refractivity contribution in [1.29, 1.82) is 0 Å². The molecule has 0 spiro atoms. The number of aryl methyl sites for hydroxylation is 1. The maximum atomic E-state index is 13.1. The summed E-state index contributed by atoms with van der Waals surface area (Å²) in [5.41, 5.74) is 2.59. The number of unbranched alkanes of at least 4 members (excludes halogenated alkanes) is 2. The number of hydrogen-bond donors (Lipinski definition) is 2. The van der Waals surface area contributed by atoms with Crippen LogP contribution >= 0.6 is 11.8 Å². The van der Waals surface area contributed by atoms with Crippen molar-refractivity contribution in [2.75, 3.05) is 11.6 Å². The number of carbonyl (C=O) groups is 3. The van der Waals surface area contributed by atoms with Gasteiger partial charge in [-0.05, 0) is 54.7 Å². The van der Waals surface area contributed by atoms with Gasteiger partial charge in [-0.1, -0.05) is 55.0 Å². The largest absolute Gasteiger partial charge is 0.480 e. The number of pyridine rings is 1. The molecule has 4 rings (SSSR count). The molecule has 1 aromatic heterocycles. The van der Waals surface area contributed by atoms with Crippen molar-refractivity contribution in [2.45, 2.75) is 61.9 Å². The topological polar surface area (TPSA) is 134 Å². The molecule has 0 radical (unpaired) electrons. The summed E-state index contributed by atoms with van der Waals surface area (Å²) in [6, 6.07) is 18.6. The summed E-state index contributed by atoms with van der Waals surface area (Å²) in [5, 5.41) is 12.3. The minimum atomic E-state index is -3.91. The second-order valence-corrected chi connectivity index (χ2v) is 13.1. The number of carboxylic acids is 1. The van der Waals surface area contributed by atoms with E-state index in [0.717, 1.165) is 41.2 Å². The Bertz CT molecular complexity index is 1450. The number of rotatable bonds is 15. The summed E-state index contributed by atoms with van der Waals surface area (Å²) in [6.07, 6.45) is 6.30. The molecule has 0 unspecified atom stereocenters. The summed E-state index contributed by atoms with van der Waals surface area (Å²) >= 11 is 1.30. The Balaban J connectivity index is 1.26. The summed E-state index contributed by atoms with van der Waals surface area (Å²) < 4.78 is 27.3. The van der Waals surface area contributed by atoms with Crippen molar-refractivity contribution in [1.82, 2.24) is 14.6 Å². The summed E-state index contributed by atoms with van der Waals surface area (Å²) in [6.45, 7) is 0. The predicted octanol–water partition coefficient (Wildman–Crippen LogP) is 3.87. The smallest absolute Gasteiger partial charge is 0.326 e. The third kappa shape index (κ3) is 8.73. The second kappa shape index (κ2) is 15.1. The van der Waals surface area contributed by atoms with E-state index in [1.165, 1.54) is 23.9 Å². The highest BCUT2D eigenvalue weighted by Gasteiger charge is 2.41. The molecule has 0 bridgehead atoms. The highest BCUT2D eigenvalue weighted by atomic mass is 32.2. The number of sulfonamides is 1. The van der Waals surface area contributed by atoms with Gasteiger partial charge in [0.1, 0.15) is 17.9 Å². The third-order valence-electron chi connectivity index (χ3n) is 7.09. The number of ketones is 1. The zero-order chi connectivity index (χ0) is 30.0. The Morgan fingerprint density at radius 3 is 2.36 bits per heavy atom. The first-order chi connectivity index (χ1) is 20.2. The number of nitrogens with one attached hydrogen (secondary N) is 1. The number of carboxylic acid groups (broad SMARTS) is 1. The number of aliphatic carboxylic acids is 1. The molecule has 2 heterocycles. The molecule has 42 heavy (non-hydrogen) atoms. The van der Waals surface area contributed by atoms with Crippen LogP contribution in [0.15, 0.2) is 83.9 Å². The zero-order valence-electron chi connectivity index (χ0n) is 23.2. The fourth-order valence-corrected chi connectivity index (χ4v) is 7.93. The number of thioether (sulfide) groups is 1. The molecule has 0 aliphatic carbocycles. The molecule has 9 nitrogen and oxygen atoms in total. The van der Waals surface area contributed by atoms with Gasteiger partial charge in [-0.2, -0.15) is 4.31 Å². The number of benzene rings is 2. The van der Waals surface area contributed by atoms with Crippen LogP contribution in [-0.2, 0) is 43.7 Å². The Morgan fingerprint density at radius 2 is 1.67 bits per heavy atom. The average molecular weight is 610 g/mol. The van der Waals surface area contributed by atoms with E-state index >= 15 is 0 Å². The first-order valence-electron chi connectivity index (χ1n) is 13.9. The normalized spacial score (nSPS) is 16.1. The molecule has 1 fully saturated rings. The van der Waals surface area contributed by atoms with Crippen molar-refractivity contribution >= 4 is 39.4 Å². The van der Waals surface area contributed by atoms with Gasteiger partial charge in [0, 0.05) is 36.9 Å². The monoisotopic (exact) mass is 609 g/mol. The Morgan fingerprint density at radius 1 is 0.952 bits per heavy atom. The van der Waals surface area contributed by atoms with Gasteiger partial charge >= 0.3 is 5.97 Å². The minimum absolute atomic E-state index is 0.0247. The zero-order valence-corrected chi connectivity index (χ0v) is 24.9. The van der Waals surface area contributed by atoms with Crippen LogP contribution in [0, 0.1) is 0 Å². The molecule has 1 aliphatic rings.